The molecule has 10 heteroatoms. The van der Waals surface area contributed by atoms with Crippen molar-refractivity contribution in [2.75, 3.05) is 6.54 Å². The topological polar surface area (TPSA) is 145 Å². The summed E-state index contributed by atoms with van der Waals surface area (Å²) in [6, 6.07) is 5.34. The number of amides is 1. The van der Waals surface area contributed by atoms with Crippen molar-refractivity contribution in [2.45, 2.75) is 43.7 Å². The number of nitrogens with zero attached hydrogens (tertiary/aromatic N) is 1. The molecular weight excluding hydrogens is 374 g/mol. The fraction of sp³-hybridized carbons (Fsp3) is 0.471. The van der Waals surface area contributed by atoms with Crippen molar-refractivity contribution in [1.29, 1.82) is 0 Å². The Morgan fingerprint density at radius 3 is 2.52 bits per heavy atom. The van der Waals surface area contributed by atoms with E-state index >= 15 is 0 Å². The van der Waals surface area contributed by atoms with E-state index in [1.165, 1.54) is 6.07 Å². The zero-order valence-electron chi connectivity index (χ0n) is 15.3. The molecule has 1 aliphatic rings. The highest BCUT2D eigenvalue weighted by atomic mass is 32.2. The second-order valence-electron chi connectivity index (χ2n) is 7.02. The Hall–Kier alpha value is -2.46. The minimum atomic E-state index is -3.73. The fourth-order valence-electron chi connectivity index (χ4n) is 2.50. The van der Waals surface area contributed by atoms with Crippen molar-refractivity contribution >= 4 is 27.7 Å². The second-order valence-corrected chi connectivity index (χ2v) is 8.67. The van der Waals surface area contributed by atoms with Crippen LogP contribution in [0.2, 0.25) is 0 Å². The third-order valence-electron chi connectivity index (χ3n) is 4.01. The lowest BCUT2D eigenvalue weighted by atomic mass is 10.0. The summed E-state index contributed by atoms with van der Waals surface area (Å²) in [4.78, 5) is 27.8. The van der Waals surface area contributed by atoms with Gasteiger partial charge in [0, 0.05) is 5.56 Å². The second kappa shape index (κ2) is 7.65. The number of sulfonamides is 1. The van der Waals surface area contributed by atoms with Crippen LogP contribution in [0.5, 0.6) is 0 Å². The zero-order valence-corrected chi connectivity index (χ0v) is 16.1. The van der Waals surface area contributed by atoms with Crippen LogP contribution in [0.4, 0.5) is 0 Å². The number of aliphatic hydroxyl groups is 1. The van der Waals surface area contributed by atoms with Gasteiger partial charge in [0.05, 0.1) is 11.4 Å². The van der Waals surface area contributed by atoms with Gasteiger partial charge in [-0.3, -0.25) is 14.5 Å². The van der Waals surface area contributed by atoms with Gasteiger partial charge in [0.25, 0.3) is 10.0 Å². The number of amidine groups is 1. The minimum absolute atomic E-state index is 0.0661. The Morgan fingerprint density at radius 2 is 1.93 bits per heavy atom. The lowest BCUT2D eigenvalue weighted by Crippen LogP contribution is -2.49. The Balaban J connectivity index is 2.29. The molecule has 1 aromatic carbocycles. The molecule has 0 aliphatic carbocycles. The fourth-order valence-corrected chi connectivity index (χ4v) is 3.74. The Bertz CT molecular complexity index is 876. The molecule has 2 unspecified atom stereocenters. The molecule has 0 aromatic heterocycles. The van der Waals surface area contributed by atoms with Crippen molar-refractivity contribution in [2.24, 2.45) is 10.9 Å². The number of hydrogen-bond donors (Lipinski definition) is 4. The van der Waals surface area contributed by atoms with Crippen LogP contribution in [-0.2, 0) is 19.6 Å². The number of benzene rings is 1. The van der Waals surface area contributed by atoms with E-state index in [1.807, 2.05) is 13.8 Å². The molecule has 148 valence electrons. The summed E-state index contributed by atoms with van der Waals surface area (Å²) in [5.74, 6) is -1.93. The molecule has 27 heavy (non-hydrogen) atoms. The van der Waals surface area contributed by atoms with Crippen molar-refractivity contribution in [3.8, 4) is 0 Å². The molecule has 0 saturated carbocycles. The molecule has 0 bridgehead atoms. The molecule has 1 heterocycles. The highest BCUT2D eigenvalue weighted by molar-refractivity contribution is 7.90. The smallest absolute Gasteiger partial charge is 0.337 e. The van der Waals surface area contributed by atoms with Gasteiger partial charge in [-0.2, -0.15) is 0 Å². The van der Waals surface area contributed by atoms with Gasteiger partial charge in [-0.25, -0.2) is 13.2 Å². The molecular formula is C17H23N3O6S. The summed E-state index contributed by atoms with van der Waals surface area (Å²) >= 11 is 0. The first kappa shape index (κ1) is 20.8. The van der Waals surface area contributed by atoms with Gasteiger partial charge in [0.15, 0.2) is 5.60 Å². The molecule has 2 atom stereocenters. The Labute approximate surface area is 157 Å². The first-order valence-electron chi connectivity index (χ1n) is 8.37. The van der Waals surface area contributed by atoms with E-state index < -0.39 is 40.1 Å². The molecule has 9 nitrogen and oxygen atoms in total. The lowest BCUT2D eigenvalue weighted by molar-refractivity contribution is -0.156. The number of carboxylic acids is 1. The molecule has 0 radical (unpaired) electrons. The number of aliphatic imine (C=N–C) groups is 1. The average Bonchev–Trinajstić information content (AvgIpc) is 2.82. The van der Waals surface area contributed by atoms with Crippen LogP contribution in [0.25, 0.3) is 0 Å². The highest BCUT2D eigenvalue weighted by Gasteiger charge is 2.34. The quantitative estimate of drug-likeness (QED) is 0.513. The molecule has 1 amide bonds. The maximum Gasteiger partial charge on any atom is 0.337 e. The van der Waals surface area contributed by atoms with Crippen LogP contribution in [0.3, 0.4) is 0 Å². The van der Waals surface area contributed by atoms with Crippen LogP contribution in [0.15, 0.2) is 34.2 Å². The first-order chi connectivity index (χ1) is 12.4. The van der Waals surface area contributed by atoms with Crippen LogP contribution in [0, 0.1) is 5.92 Å². The number of carboxylic acid groups (broad SMARTS) is 1. The number of carbonyl (C=O) groups excluding carboxylic acids is 1. The highest BCUT2D eigenvalue weighted by Crippen LogP contribution is 2.23. The molecule has 0 fully saturated rings. The summed E-state index contributed by atoms with van der Waals surface area (Å²) in [6.07, 6.45) is 0.314. The average molecular weight is 397 g/mol. The Kier molecular flexibility index (Phi) is 5.91. The number of fused-ring (bicyclic) bond motifs is 1. The van der Waals surface area contributed by atoms with Crippen LogP contribution < -0.4 is 10.0 Å². The van der Waals surface area contributed by atoms with E-state index in [4.69, 9.17) is 5.11 Å². The van der Waals surface area contributed by atoms with Gasteiger partial charge in [-0.1, -0.05) is 26.0 Å². The molecule has 1 aromatic rings. The molecule has 0 saturated heterocycles. The molecule has 4 N–H and O–H groups in total. The third kappa shape index (κ3) is 4.83. The first-order valence-corrected chi connectivity index (χ1v) is 9.86. The molecule has 0 spiro atoms. The zero-order chi connectivity index (χ0) is 20.4. The molecule has 2 rings (SSSR count). The maximum absolute atomic E-state index is 12.5. The van der Waals surface area contributed by atoms with Gasteiger partial charge in [-0.05, 0) is 31.4 Å². The lowest BCUT2D eigenvalue weighted by Gasteiger charge is -2.21. The minimum Gasteiger partial charge on any atom is -0.479 e. The van der Waals surface area contributed by atoms with Crippen LogP contribution in [-0.4, -0.2) is 54.5 Å². The number of rotatable bonds is 7. The number of hydrogen-bond acceptors (Lipinski definition) is 6. The van der Waals surface area contributed by atoms with Crippen molar-refractivity contribution < 1.29 is 28.2 Å². The number of aliphatic carboxylic acids is 1. The van der Waals surface area contributed by atoms with Crippen molar-refractivity contribution in [3.05, 3.63) is 29.8 Å². The Morgan fingerprint density at radius 1 is 1.30 bits per heavy atom. The van der Waals surface area contributed by atoms with E-state index in [1.54, 1.807) is 18.2 Å². The van der Waals surface area contributed by atoms with Crippen molar-refractivity contribution in [3.63, 3.8) is 0 Å². The summed E-state index contributed by atoms with van der Waals surface area (Å²) in [5, 5.41) is 21.0. The summed E-state index contributed by atoms with van der Waals surface area (Å²) in [7, 11) is -3.73. The van der Waals surface area contributed by atoms with E-state index in [0.29, 0.717) is 12.0 Å². The van der Waals surface area contributed by atoms with Crippen LogP contribution in [0.1, 0.15) is 32.8 Å². The predicted octanol–water partition coefficient (Wildman–Crippen LogP) is 0.0916. The number of carbonyl (C=O) groups is 2. The van der Waals surface area contributed by atoms with E-state index in [9.17, 15) is 23.1 Å². The SMILES string of the molecule is CC(C)CC(N=C1NS(=O)(=O)c2ccccc21)C(=O)NCC(C)(O)C(=O)O. The normalized spacial score (nSPS) is 19.8. The summed E-state index contributed by atoms with van der Waals surface area (Å²) < 4.78 is 26.7. The standard InChI is InChI=1S/C17H23N3O6S/c1-10(2)8-12(15(21)18-9-17(3,24)16(22)23)19-14-11-6-4-5-7-13(11)27(25,26)20-14/h4-7,10,12,24H,8-9H2,1-3H3,(H,18,21)(H,19,20)(H,22,23). The van der Waals surface area contributed by atoms with Gasteiger partial charge < -0.3 is 15.5 Å². The third-order valence-corrected chi connectivity index (χ3v) is 5.41. The van der Waals surface area contributed by atoms with E-state index in [-0.39, 0.29) is 16.6 Å². The van der Waals surface area contributed by atoms with Gasteiger partial charge in [0.2, 0.25) is 5.91 Å². The van der Waals surface area contributed by atoms with Gasteiger partial charge in [-0.15, -0.1) is 0 Å². The van der Waals surface area contributed by atoms with Crippen LogP contribution >= 0.6 is 0 Å². The van der Waals surface area contributed by atoms with Gasteiger partial charge >= 0.3 is 5.97 Å². The number of nitrogens with one attached hydrogen (secondary N) is 2. The predicted molar refractivity (Wildman–Crippen MR) is 97.8 cm³/mol. The monoisotopic (exact) mass is 397 g/mol. The van der Waals surface area contributed by atoms with Crippen molar-refractivity contribution in [1.82, 2.24) is 10.0 Å². The largest absolute Gasteiger partial charge is 0.479 e. The summed E-state index contributed by atoms with van der Waals surface area (Å²) in [5.41, 5.74) is -1.75. The van der Waals surface area contributed by atoms with E-state index in [0.717, 1.165) is 6.92 Å². The molecule has 1 aliphatic heterocycles. The summed E-state index contributed by atoms with van der Waals surface area (Å²) in [6.45, 7) is 4.32. The maximum atomic E-state index is 12.5. The van der Waals surface area contributed by atoms with E-state index in [2.05, 4.69) is 15.0 Å². The van der Waals surface area contributed by atoms with Gasteiger partial charge in [0.1, 0.15) is 11.9 Å².